The summed E-state index contributed by atoms with van der Waals surface area (Å²) in [5.74, 6) is 0.767. The average molecular weight is 451 g/mol. The Morgan fingerprint density at radius 3 is 2.47 bits per heavy atom. The number of nitrogens with one attached hydrogen (secondary N) is 1. The fourth-order valence-electron chi connectivity index (χ4n) is 3.32. The van der Waals surface area contributed by atoms with Crippen LogP contribution >= 0.6 is 11.3 Å². The first-order chi connectivity index (χ1) is 15.4. The standard InChI is InChI=1S/C23H22N4O4S/c1-13-5-8-16(9-6-13)25-19(28)12-27-23(29)21-22(32-14(2)24-21)20(26-27)15-7-10-17(30-3)18(11-15)31-4/h5-11H,12H2,1-4H3,(H,25,28). The van der Waals surface area contributed by atoms with E-state index < -0.39 is 5.56 Å². The van der Waals surface area contributed by atoms with Crippen molar-refractivity contribution in [1.29, 1.82) is 0 Å². The highest BCUT2D eigenvalue weighted by Crippen LogP contribution is 2.35. The van der Waals surface area contributed by atoms with Gasteiger partial charge in [0.1, 0.15) is 12.2 Å². The number of carbonyl (C=O) groups excluding carboxylic acids is 1. The van der Waals surface area contributed by atoms with Crippen molar-refractivity contribution < 1.29 is 14.3 Å². The van der Waals surface area contributed by atoms with Gasteiger partial charge in [0, 0.05) is 11.3 Å². The zero-order chi connectivity index (χ0) is 22.8. The van der Waals surface area contributed by atoms with E-state index in [1.165, 1.54) is 11.3 Å². The van der Waals surface area contributed by atoms with E-state index >= 15 is 0 Å². The van der Waals surface area contributed by atoms with Gasteiger partial charge in [-0.05, 0) is 44.2 Å². The average Bonchev–Trinajstić information content (AvgIpc) is 3.18. The Bertz CT molecular complexity index is 1360. The number of carbonyl (C=O) groups is 1. The number of methoxy groups -OCH3 is 2. The number of hydrogen-bond acceptors (Lipinski definition) is 7. The van der Waals surface area contributed by atoms with Crippen LogP contribution in [0.1, 0.15) is 10.6 Å². The molecule has 1 N–H and O–H groups in total. The summed E-state index contributed by atoms with van der Waals surface area (Å²) in [6.45, 7) is 3.56. The minimum Gasteiger partial charge on any atom is -0.493 e. The van der Waals surface area contributed by atoms with Crippen LogP contribution in [0.15, 0.2) is 47.3 Å². The first kappa shape index (κ1) is 21.5. The Morgan fingerprint density at radius 2 is 1.78 bits per heavy atom. The molecule has 164 valence electrons. The smallest absolute Gasteiger partial charge is 0.294 e. The number of hydrogen-bond donors (Lipinski definition) is 1. The number of rotatable bonds is 6. The van der Waals surface area contributed by atoms with Crippen molar-refractivity contribution in [3.05, 3.63) is 63.4 Å². The summed E-state index contributed by atoms with van der Waals surface area (Å²) >= 11 is 1.38. The normalized spacial score (nSPS) is 10.9. The predicted octanol–water partition coefficient (Wildman–Crippen LogP) is 3.79. The quantitative estimate of drug-likeness (QED) is 0.480. The van der Waals surface area contributed by atoms with Gasteiger partial charge in [0.15, 0.2) is 17.0 Å². The second-order valence-corrected chi connectivity index (χ2v) is 8.41. The Balaban J connectivity index is 1.76. The van der Waals surface area contributed by atoms with Crippen LogP contribution in [0.2, 0.25) is 0 Å². The van der Waals surface area contributed by atoms with Gasteiger partial charge in [0.25, 0.3) is 5.56 Å². The molecule has 2 heterocycles. The molecule has 2 aromatic carbocycles. The second kappa shape index (κ2) is 8.80. The number of amides is 1. The topological polar surface area (TPSA) is 95.3 Å². The van der Waals surface area contributed by atoms with Gasteiger partial charge in [-0.2, -0.15) is 5.10 Å². The zero-order valence-electron chi connectivity index (χ0n) is 18.1. The van der Waals surface area contributed by atoms with E-state index in [0.717, 1.165) is 20.8 Å². The van der Waals surface area contributed by atoms with Crippen LogP contribution in [-0.2, 0) is 11.3 Å². The van der Waals surface area contributed by atoms with Crippen molar-refractivity contribution in [2.75, 3.05) is 19.5 Å². The number of aromatic nitrogens is 3. The van der Waals surface area contributed by atoms with Crippen LogP contribution < -0.4 is 20.3 Å². The molecule has 4 aromatic rings. The van der Waals surface area contributed by atoms with Crippen LogP contribution in [0, 0.1) is 13.8 Å². The van der Waals surface area contributed by atoms with Crippen molar-refractivity contribution in [2.45, 2.75) is 20.4 Å². The summed E-state index contributed by atoms with van der Waals surface area (Å²) in [7, 11) is 3.12. The highest BCUT2D eigenvalue weighted by molar-refractivity contribution is 7.19. The number of thiazole rings is 1. The van der Waals surface area contributed by atoms with Crippen LogP contribution in [0.4, 0.5) is 5.69 Å². The molecular formula is C23H22N4O4S. The van der Waals surface area contributed by atoms with Crippen LogP contribution in [0.5, 0.6) is 11.5 Å². The number of anilines is 1. The molecule has 0 aliphatic carbocycles. The third-order valence-corrected chi connectivity index (χ3v) is 5.87. The lowest BCUT2D eigenvalue weighted by atomic mass is 10.1. The number of fused-ring (bicyclic) bond motifs is 1. The third-order valence-electron chi connectivity index (χ3n) is 4.89. The molecule has 0 saturated heterocycles. The molecule has 0 radical (unpaired) electrons. The molecule has 0 atom stereocenters. The molecule has 0 spiro atoms. The van der Waals surface area contributed by atoms with E-state index in [0.29, 0.717) is 27.6 Å². The lowest BCUT2D eigenvalue weighted by molar-refractivity contribution is -0.117. The fraction of sp³-hybridized carbons (Fsp3) is 0.217. The lowest BCUT2D eigenvalue weighted by Crippen LogP contribution is -2.30. The number of ether oxygens (including phenoxy) is 2. The minimum absolute atomic E-state index is 0.237. The van der Waals surface area contributed by atoms with Gasteiger partial charge >= 0.3 is 0 Å². The maximum atomic E-state index is 13.0. The van der Waals surface area contributed by atoms with Crippen molar-refractivity contribution in [3.8, 4) is 22.8 Å². The van der Waals surface area contributed by atoms with Crippen molar-refractivity contribution >= 4 is 33.1 Å². The summed E-state index contributed by atoms with van der Waals surface area (Å²) in [6.07, 6.45) is 0. The van der Waals surface area contributed by atoms with Gasteiger partial charge in [0.2, 0.25) is 5.91 Å². The molecule has 2 aromatic heterocycles. The first-order valence-electron chi connectivity index (χ1n) is 9.86. The molecule has 0 aliphatic rings. The van der Waals surface area contributed by atoms with E-state index in [1.54, 1.807) is 26.4 Å². The zero-order valence-corrected chi connectivity index (χ0v) is 18.9. The van der Waals surface area contributed by atoms with Gasteiger partial charge < -0.3 is 14.8 Å². The fourth-order valence-corrected chi connectivity index (χ4v) is 4.24. The molecule has 32 heavy (non-hydrogen) atoms. The Kier molecular flexibility index (Phi) is 5.91. The van der Waals surface area contributed by atoms with Crippen LogP contribution in [-0.4, -0.2) is 34.9 Å². The maximum Gasteiger partial charge on any atom is 0.294 e. The SMILES string of the molecule is COc1ccc(-c2nn(CC(=O)Nc3ccc(C)cc3)c(=O)c3nc(C)sc23)cc1OC. The lowest BCUT2D eigenvalue weighted by Gasteiger charge is -2.12. The highest BCUT2D eigenvalue weighted by atomic mass is 32.1. The van der Waals surface area contributed by atoms with Gasteiger partial charge in [-0.1, -0.05) is 17.7 Å². The molecule has 8 nitrogen and oxygen atoms in total. The maximum absolute atomic E-state index is 13.0. The monoisotopic (exact) mass is 450 g/mol. The molecule has 9 heteroatoms. The van der Waals surface area contributed by atoms with Crippen molar-refractivity contribution in [2.24, 2.45) is 0 Å². The Labute approximate surface area is 188 Å². The van der Waals surface area contributed by atoms with Crippen LogP contribution in [0.3, 0.4) is 0 Å². The van der Waals surface area contributed by atoms with Crippen molar-refractivity contribution in [3.63, 3.8) is 0 Å². The number of aryl methyl sites for hydroxylation is 2. The van der Waals surface area contributed by atoms with Gasteiger partial charge in [-0.25, -0.2) is 9.67 Å². The molecule has 0 fully saturated rings. The molecule has 0 unspecified atom stereocenters. The van der Waals surface area contributed by atoms with Gasteiger partial charge in [0.05, 0.1) is 23.9 Å². The Hall–Kier alpha value is -3.72. The molecule has 0 saturated carbocycles. The molecule has 1 amide bonds. The minimum atomic E-state index is -0.410. The highest BCUT2D eigenvalue weighted by Gasteiger charge is 2.19. The molecule has 0 aliphatic heterocycles. The summed E-state index contributed by atoms with van der Waals surface area (Å²) in [4.78, 5) is 30.0. The molecular weight excluding hydrogens is 428 g/mol. The summed E-state index contributed by atoms with van der Waals surface area (Å²) in [5, 5.41) is 8.06. The second-order valence-electron chi connectivity index (χ2n) is 7.21. The number of benzene rings is 2. The van der Waals surface area contributed by atoms with Gasteiger partial charge in [-0.15, -0.1) is 11.3 Å². The van der Waals surface area contributed by atoms with E-state index in [2.05, 4.69) is 15.4 Å². The van der Waals surface area contributed by atoms with E-state index in [-0.39, 0.29) is 18.0 Å². The predicted molar refractivity (Wildman–Crippen MR) is 125 cm³/mol. The van der Waals surface area contributed by atoms with E-state index in [9.17, 15) is 9.59 Å². The third kappa shape index (κ3) is 4.19. The number of nitrogens with zero attached hydrogens (tertiary/aromatic N) is 3. The largest absolute Gasteiger partial charge is 0.493 e. The van der Waals surface area contributed by atoms with Gasteiger partial charge in [-0.3, -0.25) is 9.59 Å². The first-order valence-corrected chi connectivity index (χ1v) is 10.7. The van der Waals surface area contributed by atoms with Crippen LogP contribution in [0.25, 0.3) is 21.5 Å². The van der Waals surface area contributed by atoms with E-state index in [1.807, 2.05) is 44.2 Å². The summed E-state index contributed by atoms with van der Waals surface area (Å²) < 4.78 is 12.5. The van der Waals surface area contributed by atoms with E-state index in [4.69, 9.17) is 9.47 Å². The summed E-state index contributed by atoms with van der Waals surface area (Å²) in [6, 6.07) is 12.8. The Morgan fingerprint density at radius 1 is 1.06 bits per heavy atom. The summed E-state index contributed by atoms with van der Waals surface area (Å²) in [5.41, 5.74) is 2.89. The molecule has 0 bridgehead atoms. The molecule has 4 rings (SSSR count). The van der Waals surface area contributed by atoms with Crippen molar-refractivity contribution in [1.82, 2.24) is 14.8 Å².